The molecule has 1 heterocycles. The van der Waals surface area contributed by atoms with Crippen molar-refractivity contribution in [3.8, 4) is 6.07 Å². The molecule has 0 bridgehead atoms. The first kappa shape index (κ1) is 22.1. The van der Waals surface area contributed by atoms with Crippen LogP contribution < -0.4 is 0 Å². The van der Waals surface area contributed by atoms with Gasteiger partial charge in [-0.1, -0.05) is 81.9 Å². The molecule has 142 valence electrons. The summed E-state index contributed by atoms with van der Waals surface area (Å²) in [5.41, 5.74) is 2.90. The maximum absolute atomic E-state index is 9.82. The number of carbonyl (C=O) groups is 1. The van der Waals surface area contributed by atoms with E-state index in [4.69, 9.17) is 5.26 Å². The molecule has 1 aromatic rings. The van der Waals surface area contributed by atoms with Crippen LogP contribution in [-0.2, 0) is 4.79 Å². The van der Waals surface area contributed by atoms with Gasteiger partial charge >= 0.3 is 0 Å². The molecule has 1 aliphatic heterocycles. The van der Waals surface area contributed by atoms with Gasteiger partial charge in [0.1, 0.15) is 5.78 Å². The number of carbonyl (C=O) groups excluding carboxylic acids is 1. The molecule has 3 rings (SSSR count). The van der Waals surface area contributed by atoms with Crippen molar-refractivity contribution in [3.05, 3.63) is 42.0 Å². The Morgan fingerprint density at radius 2 is 1.65 bits per heavy atom. The van der Waals surface area contributed by atoms with Crippen molar-refractivity contribution in [2.45, 2.75) is 65.2 Å². The van der Waals surface area contributed by atoms with Crippen LogP contribution in [0.5, 0.6) is 0 Å². The Hall–Kier alpha value is -1.92. The summed E-state index contributed by atoms with van der Waals surface area (Å²) in [6.45, 7) is 7.10. The van der Waals surface area contributed by atoms with Crippen LogP contribution in [0.15, 0.2) is 36.4 Å². The van der Waals surface area contributed by atoms with Gasteiger partial charge in [0.15, 0.2) is 0 Å². The lowest BCUT2D eigenvalue weighted by molar-refractivity contribution is -0.116. The van der Waals surface area contributed by atoms with E-state index in [1.54, 1.807) is 6.07 Å². The van der Waals surface area contributed by atoms with Crippen molar-refractivity contribution in [3.63, 3.8) is 0 Å². The smallest absolute Gasteiger partial charge is 0.143 e. The molecule has 26 heavy (non-hydrogen) atoms. The van der Waals surface area contributed by atoms with Crippen molar-refractivity contribution in [2.24, 2.45) is 0 Å². The highest BCUT2D eigenvalue weighted by atomic mass is 16.1. The molecule has 3 heteroatoms. The number of nitrogens with zero attached hydrogens (tertiary/aromatic N) is 2. The van der Waals surface area contributed by atoms with Crippen molar-refractivity contribution in [2.75, 3.05) is 19.6 Å². The fourth-order valence-electron chi connectivity index (χ4n) is 3.08. The molecule has 0 amide bonds. The molecule has 0 N–H and O–H groups in total. The molecule has 1 aliphatic carbocycles. The SMILES string of the molecule is C1CCCCC1.CC(=O)CC#N.CCN1CC=C(c2ccccc2)CC1. The predicted molar refractivity (Wildman–Crippen MR) is 110 cm³/mol. The Balaban J connectivity index is 0.000000234. The third kappa shape index (κ3) is 10.2. The van der Waals surface area contributed by atoms with Gasteiger partial charge in [-0.15, -0.1) is 0 Å². The van der Waals surface area contributed by atoms with Gasteiger partial charge in [-0.05, 0) is 31.0 Å². The van der Waals surface area contributed by atoms with E-state index in [1.165, 1.54) is 76.1 Å². The summed E-state index contributed by atoms with van der Waals surface area (Å²) in [7, 11) is 0. The number of hydrogen-bond donors (Lipinski definition) is 0. The number of likely N-dealkylation sites (N-methyl/N-ethyl adjacent to an activating group) is 1. The van der Waals surface area contributed by atoms with Crippen LogP contribution in [0.4, 0.5) is 0 Å². The minimum absolute atomic E-state index is 0.0417. The Morgan fingerprint density at radius 3 is 2.00 bits per heavy atom. The molecule has 0 spiro atoms. The molecule has 0 radical (unpaired) electrons. The highest BCUT2D eigenvalue weighted by Gasteiger charge is 2.10. The van der Waals surface area contributed by atoms with Gasteiger partial charge in [0.05, 0.1) is 12.5 Å². The average molecular weight is 355 g/mol. The number of Topliss-reactive ketones (excluding diaryl/α,β-unsaturated/α-hetero) is 1. The second kappa shape index (κ2) is 14.3. The molecular weight excluding hydrogens is 320 g/mol. The van der Waals surface area contributed by atoms with Gasteiger partial charge in [0.2, 0.25) is 0 Å². The summed E-state index contributed by atoms with van der Waals surface area (Å²) in [6, 6.07) is 12.4. The molecule has 2 aliphatic rings. The first-order valence-electron chi connectivity index (χ1n) is 10.0. The number of benzene rings is 1. The normalized spacial score (nSPS) is 16.7. The molecule has 0 saturated heterocycles. The largest absolute Gasteiger partial charge is 0.300 e. The van der Waals surface area contributed by atoms with E-state index in [1.807, 2.05) is 0 Å². The molecule has 1 saturated carbocycles. The lowest BCUT2D eigenvalue weighted by atomic mass is 10.00. The Kier molecular flexibility index (Phi) is 12.1. The van der Waals surface area contributed by atoms with E-state index in [-0.39, 0.29) is 12.2 Å². The molecule has 3 nitrogen and oxygen atoms in total. The molecule has 1 fully saturated rings. The quantitative estimate of drug-likeness (QED) is 0.707. The van der Waals surface area contributed by atoms with E-state index in [2.05, 4.69) is 48.2 Å². The highest BCUT2D eigenvalue weighted by Crippen LogP contribution is 2.21. The van der Waals surface area contributed by atoms with Gasteiger partial charge in [-0.25, -0.2) is 0 Å². The van der Waals surface area contributed by atoms with Gasteiger partial charge in [-0.3, -0.25) is 9.69 Å². The Bertz CT molecular complexity index is 556. The van der Waals surface area contributed by atoms with Crippen LogP contribution in [0.2, 0.25) is 0 Å². The fraction of sp³-hybridized carbons (Fsp3) is 0.565. The summed E-state index contributed by atoms with van der Waals surface area (Å²) >= 11 is 0. The number of hydrogen-bond acceptors (Lipinski definition) is 3. The summed E-state index contributed by atoms with van der Waals surface area (Å²) in [5.74, 6) is -0.0718. The van der Waals surface area contributed by atoms with Crippen LogP contribution in [0.25, 0.3) is 5.57 Å². The van der Waals surface area contributed by atoms with Gasteiger partial charge < -0.3 is 0 Å². The zero-order valence-electron chi connectivity index (χ0n) is 16.5. The number of rotatable bonds is 3. The fourth-order valence-corrected chi connectivity index (χ4v) is 3.08. The highest BCUT2D eigenvalue weighted by molar-refractivity contribution is 5.77. The molecule has 0 aromatic heterocycles. The standard InChI is InChI=1S/C13H17N.C6H12.C4H5NO/c1-2-14-10-8-13(9-11-14)12-6-4-3-5-7-12;1-2-4-6-5-3-1;1-4(6)2-3-5/h3-8H,2,9-11H2,1H3;1-6H2;2H2,1H3. The predicted octanol–water partition coefficient (Wildman–Crippen LogP) is 5.63. The van der Waals surface area contributed by atoms with E-state index < -0.39 is 0 Å². The van der Waals surface area contributed by atoms with Crippen molar-refractivity contribution in [1.29, 1.82) is 5.26 Å². The van der Waals surface area contributed by atoms with Crippen LogP contribution in [0.1, 0.15) is 70.8 Å². The zero-order valence-corrected chi connectivity index (χ0v) is 16.5. The first-order chi connectivity index (χ1) is 12.7. The van der Waals surface area contributed by atoms with Crippen LogP contribution in [0, 0.1) is 11.3 Å². The van der Waals surface area contributed by atoms with E-state index in [0.717, 1.165) is 6.54 Å². The minimum atomic E-state index is -0.0718. The zero-order chi connectivity index (χ0) is 19.0. The van der Waals surface area contributed by atoms with Gasteiger partial charge in [0.25, 0.3) is 0 Å². The first-order valence-corrected chi connectivity index (χ1v) is 10.0. The Morgan fingerprint density at radius 1 is 1.08 bits per heavy atom. The molecule has 0 atom stereocenters. The number of ketones is 1. The van der Waals surface area contributed by atoms with Crippen molar-refractivity contribution >= 4 is 11.4 Å². The Labute approximate surface area is 159 Å². The summed E-state index contributed by atoms with van der Waals surface area (Å²) in [6.07, 6.45) is 12.6. The second-order valence-electron chi connectivity index (χ2n) is 6.90. The van der Waals surface area contributed by atoms with E-state index in [0.29, 0.717) is 0 Å². The van der Waals surface area contributed by atoms with Gasteiger partial charge in [0, 0.05) is 13.1 Å². The van der Waals surface area contributed by atoms with E-state index in [9.17, 15) is 4.79 Å². The molecule has 1 aromatic carbocycles. The number of nitriles is 1. The second-order valence-corrected chi connectivity index (χ2v) is 6.90. The third-order valence-electron chi connectivity index (χ3n) is 4.71. The van der Waals surface area contributed by atoms with Crippen LogP contribution in [0.3, 0.4) is 0 Å². The summed E-state index contributed by atoms with van der Waals surface area (Å²) < 4.78 is 0. The van der Waals surface area contributed by atoms with Crippen LogP contribution >= 0.6 is 0 Å². The molecule has 0 unspecified atom stereocenters. The molecular formula is C23H34N2O. The third-order valence-corrected chi connectivity index (χ3v) is 4.71. The van der Waals surface area contributed by atoms with E-state index >= 15 is 0 Å². The van der Waals surface area contributed by atoms with Crippen molar-refractivity contribution < 1.29 is 4.79 Å². The van der Waals surface area contributed by atoms with Crippen molar-refractivity contribution in [1.82, 2.24) is 4.90 Å². The van der Waals surface area contributed by atoms with Gasteiger partial charge in [-0.2, -0.15) is 5.26 Å². The maximum Gasteiger partial charge on any atom is 0.143 e. The topological polar surface area (TPSA) is 44.1 Å². The lowest BCUT2D eigenvalue weighted by Gasteiger charge is -2.24. The summed E-state index contributed by atoms with van der Waals surface area (Å²) in [5, 5.41) is 7.77. The average Bonchev–Trinajstić information content (AvgIpc) is 2.71. The maximum atomic E-state index is 9.82. The monoisotopic (exact) mass is 354 g/mol. The van der Waals surface area contributed by atoms with Crippen LogP contribution in [-0.4, -0.2) is 30.3 Å². The summed E-state index contributed by atoms with van der Waals surface area (Å²) in [4.78, 5) is 12.3. The lowest BCUT2D eigenvalue weighted by Crippen LogP contribution is -2.27. The minimum Gasteiger partial charge on any atom is -0.300 e.